The largest absolute Gasteiger partial charge is 0.299 e. The molecule has 0 aromatic heterocycles. The standard InChI is InChI=1S/C16H32N2/c1-14(2)16(18-12-8-5-9-13-18)15(3)17-10-6-4-7-11-17/h14-16H,4-13H2,1-3H3/t15-,16-/m0/s1. The Morgan fingerprint density at radius 3 is 1.50 bits per heavy atom. The van der Waals surface area contributed by atoms with E-state index in [2.05, 4.69) is 30.6 Å². The summed E-state index contributed by atoms with van der Waals surface area (Å²) in [6.45, 7) is 12.6. The second-order valence-electron chi connectivity index (χ2n) is 6.67. The molecule has 2 saturated heterocycles. The van der Waals surface area contributed by atoms with Crippen molar-refractivity contribution in [3.8, 4) is 0 Å². The summed E-state index contributed by atoms with van der Waals surface area (Å²) in [5.41, 5.74) is 0. The van der Waals surface area contributed by atoms with Gasteiger partial charge in [0.2, 0.25) is 0 Å². The lowest BCUT2D eigenvalue weighted by atomic mass is 9.91. The van der Waals surface area contributed by atoms with Crippen LogP contribution in [0.15, 0.2) is 0 Å². The summed E-state index contributed by atoms with van der Waals surface area (Å²) in [6, 6.07) is 1.51. The Morgan fingerprint density at radius 2 is 1.06 bits per heavy atom. The van der Waals surface area contributed by atoms with Gasteiger partial charge in [-0.2, -0.15) is 0 Å². The molecule has 0 N–H and O–H groups in total. The van der Waals surface area contributed by atoms with Gasteiger partial charge in [0.05, 0.1) is 0 Å². The van der Waals surface area contributed by atoms with E-state index in [0.29, 0.717) is 0 Å². The van der Waals surface area contributed by atoms with E-state index in [1.165, 1.54) is 64.7 Å². The van der Waals surface area contributed by atoms with Crippen LogP contribution < -0.4 is 0 Å². The summed E-state index contributed by atoms with van der Waals surface area (Å²) in [4.78, 5) is 5.54. The van der Waals surface area contributed by atoms with Crippen molar-refractivity contribution in [3.05, 3.63) is 0 Å². The first kappa shape index (κ1) is 14.3. The second kappa shape index (κ2) is 6.91. The van der Waals surface area contributed by atoms with Crippen LogP contribution in [0.4, 0.5) is 0 Å². The van der Waals surface area contributed by atoms with Crippen molar-refractivity contribution < 1.29 is 0 Å². The van der Waals surface area contributed by atoms with E-state index >= 15 is 0 Å². The summed E-state index contributed by atoms with van der Waals surface area (Å²) in [6.07, 6.45) is 8.54. The van der Waals surface area contributed by atoms with Gasteiger partial charge in [0.15, 0.2) is 0 Å². The number of likely N-dealkylation sites (tertiary alicyclic amines) is 2. The second-order valence-corrected chi connectivity index (χ2v) is 6.67. The molecule has 2 aliphatic rings. The number of piperidine rings is 2. The fourth-order valence-corrected chi connectivity index (χ4v) is 4.04. The van der Waals surface area contributed by atoms with Crippen LogP contribution >= 0.6 is 0 Å². The zero-order chi connectivity index (χ0) is 13.0. The lowest BCUT2D eigenvalue weighted by molar-refractivity contribution is 0.0383. The predicted octanol–water partition coefficient (Wildman–Crippen LogP) is 3.37. The Labute approximate surface area is 114 Å². The van der Waals surface area contributed by atoms with Gasteiger partial charge in [-0.05, 0) is 64.7 Å². The van der Waals surface area contributed by atoms with Crippen LogP contribution in [0, 0.1) is 5.92 Å². The van der Waals surface area contributed by atoms with Gasteiger partial charge in [0.25, 0.3) is 0 Å². The van der Waals surface area contributed by atoms with Crippen molar-refractivity contribution in [1.82, 2.24) is 9.80 Å². The molecule has 2 heteroatoms. The van der Waals surface area contributed by atoms with Gasteiger partial charge in [0.1, 0.15) is 0 Å². The quantitative estimate of drug-likeness (QED) is 0.757. The number of nitrogens with zero attached hydrogens (tertiary/aromatic N) is 2. The highest BCUT2D eigenvalue weighted by Crippen LogP contribution is 2.24. The molecule has 2 fully saturated rings. The van der Waals surface area contributed by atoms with E-state index in [1.807, 2.05) is 0 Å². The minimum Gasteiger partial charge on any atom is -0.299 e. The summed E-state index contributed by atoms with van der Waals surface area (Å²) in [5, 5.41) is 0. The van der Waals surface area contributed by atoms with E-state index in [-0.39, 0.29) is 0 Å². The molecular formula is C16H32N2. The zero-order valence-corrected chi connectivity index (χ0v) is 12.7. The third kappa shape index (κ3) is 3.48. The summed E-state index contributed by atoms with van der Waals surface area (Å²) in [7, 11) is 0. The topological polar surface area (TPSA) is 6.48 Å². The van der Waals surface area contributed by atoms with E-state index in [1.54, 1.807) is 0 Å². The predicted molar refractivity (Wildman–Crippen MR) is 78.9 cm³/mol. The van der Waals surface area contributed by atoms with E-state index in [0.717, 1.165) is 18.0 Å². The van der Waals surface area contributed by atoms with Gasteiger partial charge in [0, 0.05) is 12.1 Å². The highest BCUT2D eigenvalue weighted by Gasteiger charge is 2.32. The third-order valence-corrected chi connectivity index (χ3v) is 4.96. The first-order valence-electron chi connectivity index (χ1n) is 8.18. The highest BCUT2D eigenvalue weighted by atomic mass is 15.2. The SMILES string of the molecule is CC(C)[C@@H]([C@H](C)N1CCCCC1)N1CCCCC1. The van der Waals surface area contributed by atoms with Gasteiger partial charge in [-0.1, -0.05) is 26.7 Å². The maximum absolute atomic E-state index is 2.79. The van der Waals surface area contributed by atoms with Crippen molar-refractivity contribution in [2.75, 3.05) is 26.2 Å². The average molecular weight is 252 g/mol. The monoisotopic (exact) mass is 252 g/mol. The molecule has 0 bridgehead atoms. The minimum atomic E-state index is 0.739. The lowest BCUT2D eigenvalue weighted by Crippen LogP contribution is -2.55. The molecule has 0 saturated carbocycles. The van der Waals surface area contributed by atoms with E-state index in [4.69, 9.17) is 0 Å². The van der Waals surface area contributed by atoms with Gasteiger partial charge >= 0.3 is 0 Å². The smallest absolute Gasteiger partial charge is 0.0271 e. The van der Waals surface area contributed by atoms with Crippen LogP contribution in [0.1, 0.15) is 59.3 Å². The average Bonchev–Trinajstić information content (AvgIpc) is 2.40. The van der Waals surface area contributed by atoms with Crippen LogP contribution in [0.3, 0.4) is 0 Å². The van der Waals surface area contributed by atoms with Crippen molar-refractivity contribution in [3.63, 3.8) is 0 Å². The molecule has 2 nitrogen and oxygen atoms in total. The summed E-state index contributed by atoms with van der Waals surface area (Å²) in [5.74, 6) is 0.778. The van der Waals surface area contributed by atoms with Crippen LogP contribution in [0.25, 0.3) is 0 Å². The Hall–Kier alpha value is -0.0800. The van der Waals surface area contributed by atoms with Crippen molar-refractivity contribution in [1.29, 1.82) is 0 Å². The highest BCUT2D eigenvalue weighted by molar-refractivity contribution is 4.88. The first-order valence-corrected chi connectivity index (χ1v) is 8.18. The zero-order valence-electron chi connectivity index (χ0n) is 12.7. The molecule has 0 amide bonds. The number of rotatable bonds is 4. The molecule has 0 spiro atoms. The number of hydrogen-bond acceptors (Lipinski definition) is 2. The van der Waals surface area contributed by atoms with Gasteiger partial charge < -0.3 is 0 Å². The van der Waals surface area contributed by atoms with Crippen molar-refractivity contribution in [2.24, 2.45) is 5.92 Å². The maximum Gasteiger partial charge on any atom is 0.0271 e. The molecule has 18 heavy (non-hydrogen) atoms. The summed E-state index contributed by atoms with van der Waals surface area (Å²) < 4.78 is 0. The third-order valence-electron chi connectivity index (χ3n) is 4.96. The molecule has 2 heterocycles. The summed E-state index contributed by atoms with van der Waals surface area (Å²) >= 11 is 0. The lowest BCUT2D eigenvalue weighted by Gasteiger charge is -2.45. The van der Waals surface area contributed by atoms with E-state index in [9.17, 15) is 0 Å². The number of hydrogen-bond donors (Lipinski definition) is 0. The Morgan fingerprint density at radius 1 is 0.611 bits per heavy atom. The van der Waals surface area contributed by atoms with Gasteiger partial charge in [-0.25, -0.2) is 0 Å². The molecule has 0 aromatic rings. The molecule has 0 radical (unpaired) electrons. The fraction of sp³-hybridized carbons (Fsp3) is 1.00. The Bertz CT molecular complexity index is 227. The molecule has 2 atom stereocenters. The van der Waals surface area contributed by atoms with Crippen molar-refractivity contribution in [2.45, 2.75) is 71.4 Å². The maximum atomic E-state index is 2.79. The molecule has 2 rings (SSSR count). The Balaban J connectivity index is 1.98. The molecule has 0 unspecified atom stereocenters. The van der Waals surface area contributed by atoms with Gasteiger partial charge in [-0.15, -0.1) is 0 Å². The first-order chi connectivity index (χ1) is 8.70. The van der Waals surface area contributed by atoms with Crippen LogP contribution in [-0.2, 0) is 0 Å². The van der Waals surface area contributed by atoms with Crippen LogP contribution in [-0.4, -0.2) is 48.1 Å². The minimum absolute atomic E-state index is 0.739. The van der Waals surface area contributed by atoms with E-state index < -0.39 is 0 Å². The van der Waals surface area contributed by atoms with Crippen molar-refractivity contribution >= 4 is 0 Å². The molecule has 0 aliphatic carbocycles. The molecule has 106 valence electrons. The Kier molecular flexibility index (Phi) is 5.50. The normalized spacial score (nSPS) is 27.3. The molecular weight excluding hydrogens is 220 g/mol. The van der Waals surface area contributed by atoms with Crippen LogP contribution in [0.5, 0.6) is 0 Å². The fourth-order valence-electron chi connectivity index (χ4n) is 4.04. The molecule has 0 aromatic carbocycles. The van der Waals surface area contributed by atoms with Gasteiger partial charge in [-0.3, -0.25) is 9.80 Å². The molecule has 2 aliphatic heterocycles. The van der Waals surface area contributed by atoms with Crippen LogP contribution in [0.2, 0.25) is 0 Å².